The van der Waals surface area contributed by atoms with Gasteiger partial charge in [0.25, 0.3) is 0 Å². The third-order valence-electron chi connectivity index (χ3n) is 4.36. The fourth-order valence-electron chi connectivity index (χ4n) is 2.78. The second-order valence-corrected chi connectivity index (χ2v) is 6.46. The maximum absolute atomic E-state index is 9.00. The Morgan fingerprint density at radius 2 is 1.41 bits per heavy atom. The molecule has 0 radical (unpaired) electrons. The minimum absolute atomic E-state index is 0.598. The van der Waals surface area contributed by atoms with E-state index in [0.717, 1.165) is 16.9 Å². The Morgan fingerprint density at radius 3 is 2.00 bits per heavy atom. The van der Waals surface area contributed by atoms with Crippen molar-refractivity contribution in [3.05, 3.63) is 89.5 Å². The first kappa shape index (κ1) is 16.7. The third kappa shape index (κ3) is 3.33. The largest absolute Gasteiger partial charge is 0.340 e. The molecular formula is C22H18N5+. The van der Waals surface area contributed by atoms with E-state index in [0.29, 0.717) is 11.4 Å². The van der Waals surface area contributed by atoms with Crippen molar-refractivity contribution >= 4 is 0 Å². The van der Waals surface area contributed by atoms with Crippen LogP contribution < -0.4 is 4.80 Å². The van der Waals surface area contributed by atoms with E-state index in [-0.39, 0.29) is 0 Å². The van der Waals surface area contributed by atoms with E-state index in [9.17, 15) is 0 Å². The van der Waals surface area contributed by atoms with Gasteiger partial charge in [-0.25, -0.2) is 0 Å². The normalized spacial score (nSPS) is 10.6. The van der Waals surface area contributed by atoms with E-state index < -0.39 is 0 Å². The number of hydrogen-bond acceptors (Lipinski definition) is 3. The van der Waals surface area contributed by atoms with Gasteiger partial charge in [0.15, 0.2) is 5.69 Å². The van der Waals surface area contributed by atoms with Crippen LogP contribution in [0.5, 0.6) is 0 Å². The lowest BCUT2D eigenvalue weighted by Crippen LogP contribution is -2.43. The molecule has 0 aliphatic rings. The monoisotopic (exact) mass is 352 g/mol. The molecule has 0 spiro atoms. The molecule has 0 amide bonds. The van der Waals surface area contributed by atoms with Crippen molar-refractivity contribution < 1.29 is 4.80 Å². The second-order valence-electron chi connectivity index (χ2n) is 6.46. The van der Waals surface area contributed by atoms with Gasteiger partial charge in [0, 0.05) is 4.80 Å². The van der Waals surface area contributed by atoms with Crippen LogP contribution in [0.1, 0.15) is 16.7 Å². The van der Waals surface area contributed by atoms with Crippen molar-refractivity contribution in [1.29, 1.82) is 5.26 Å². The SMILES string of the molecule is Cc1ccc(-n2nc(-c3ccc(C#N)cc3)n[n+]2-c2ccc(C)cc2)cc1. The van der Waals surface area contributed by atoms with Gasteiger partial charge < -0.3 is 0 Å². The smallest absolute Gasteiger partial charge is 0.192 e. The summed E-state index contributed by atoms with van der Waals surface area (Å²) in [5.41, 5.74) is 5.70. The number of benzene rings is 3. The molecule has 0 saturated heterocycles. The Morgan fingerprint density at radius 1 is 0.815 bits per heavy atom. The van der Waals surface area contributed by atoms with Gasteiger partial charge in [-0.05, 0) is 72.3 Å². The first-order valence-corrected chi connectivity index (χ1v) is 8.68. The van der Waals surface area contributed by atoms with Crippen LogP contribution in [-0.4, -0.2) is 15.0 Å². The van der Waals surface area contributed by atoms with Crippen LogP contribution >= 0.6 is 0 Å². The quantitative estimate of drug-likeness (QED) is 0.528. The summed E-state index contributed by atoms with van der Waals surface area (Å²) in [5, 5.41) is 18.4. The van der Waals surface area contributed by atoms with E-state index in [1.165, 1.54) is 11.1 Å². The molecule has 27 heavy (non-hydrogen) atoms. The van der Waals surface area contributed by atoms with Crippen LogP contribution in [0.25, 0.3) is 22.8 Å². The van der Waals surface area contributed by atoms with Crippen LogP contribution in [-0.2, 0) is 0 Å². The Kier molecular flexibility index (Phi) is 4.23. The Bertz CT molecular complexity index is 1050. The van der Waals surface area contributed by atoms with Crippen molar-refractivity contribution in [2.24, 2.45) is 0 Å². The van der Waals surface area contributed by atoms with Crippen molar-refractivity contribution in [1.82, 2.24) is 15.0 Å². The summed E-state index contributed by atoms with van der Waals surface area (Å²) in [6, 6.07) is 25.7. The third-order valence-corrected chi connectivity index (χ3v) is 4.36. The van der Waals surface area contributed by atoms with Gasteiger partial charge in [-0.3, -0.25) is 0 Å². The summed E-state index contributed by atoms with van der Waals surface area (Å²) in [4.78, 5) is 3.58. The van der Waals surface area contributed by atoms with Crippen molar-refractivity contribution in [2.45, 2.75) is 13.8 Å². The lowest BCUT2D eigenvalue weighted by atomic mass is 10.1. The van der Waals surface area contributed by atoms with Crippen molar-refractivity contribution in [3.8, 4) is 28.8 Å². The highest BCUT2D eigenvalue weighted by molar-refractivity contribution is 5.55. The fraction of sp³-hybridized carbons (Fsp3) is 0.0909. The summed E-state index contributed by atoms with van der Waals surface area (Å²) in [7, 11) is 0. The summed E-state index contributed by atoms with van der Waals surface area (Å²) in [6.07, 6.45) is 0. The van der Waals surface area contributed by atoms with Gasteiger partial charge in [-0.2, -0.15) is 5.26 Å². The lowest BCUT2D eigenvalue weighted by molar-refractivity contribution is -0.734. The number of aromatic nitrogens is 4. The zero-order valence-corrected chi connectivity index (χ0v) is 15.2. The number of hydrogen-bond donors (Lipinski definition) is 0. The van der Waals surface area contributed by atoms with E-state index in [1.807, 2.05) is 36.4 Å². The number of nitriles is 1. The van der Waals surface area contributed by atoms with Crippen molar-refractivity contribution in [3.63, 3.8) is 0 Å². The van der Waals surface area contributed by atoms with Crippen molar-refractivity contribution in [2.75, 3.05) is 0 Å². The van der Waals surface area contributed by atoms with E-state index in [2.05, 4.69) is 44.2 Å². The molecule has 3 aromatic carbocycles. The molecule has 1 heterocycles. The highest BCUT2D eigenvalue weighted by Crippen LogP contribution is 2.16. The minimum Gasteiger partial charge on any atom is -0.192 e. The standard InChI is InChI=1S/C22H18N5/c1-16-3-11-20(12-4-16)26-24-22(19-9-7-18(15-23)8-10-19)25-27(26)21-13-5-17(2)6-14-21/h3-14H,1-2H3/q+1. The molecule has 5 heteroatoms. The molecule has 0 bridgehead atoms. The van der Waals surface area contributed by atoms with Crippen LogP contribution in [0.4, 0.5) is 0 Å². The molecule has 5 nitrogen and oxygen atoms in total. The van der Waals surface area contributed by atoms with Gasteiger partial charge in [0.05, 0.1) is 22.3 Å². The van der Waals surface area contributed by atoms with Gasteiger partial charge in [0.1, 0.15) is 5.69 Å². The van der Waals surface area contributed by atoms with Crippen LogP contribution in [0.3, 0.4) is 0 Å². The topological polar surface area (TPSA) is 58.4 Å². The summed E-state index contributed by atoms with van der Waals surface area (Å²) in [5.74, 6) is 0.598. The predicted molar refractivity (Wildman–Crippen MR) is 103 cm³/mol. The van der Waals surface area contributed by atoms with Gasteiger partial charge in [-0.15, -0.1) is 0 Å². The summed E-state index contributed by atoms with van der Waals surface area (Å²) >= 11 is 0. The lowest BCUT2D eigenvalue weighted by Gasteiger charge is -2.00. The second kappa shape index (κ2) is 6.85. The molecule has 0 aliphatic carbocycles. The Balaban J connectivity index is 1.87. The predicted octanol–water partition coefficient (Wildman–Crippen LogP) is 3.70. The first-order valence-electron chi connectivity index (χ1n) is 8.68. The number of rotatable bonds is 3. The molecule has 0 N–H and O–H groups in total. The average molecular weight is 352 g/mol. The number of tetrazole rings is 1. The van der Waals surface area contributed by atoms with Gasteiger partial charge >= 0.3 is 5.82 Å². The molecular weight excluding hydrogens is 334 g/mol. The van der Waals surface area contributed by atoms with Gasteiger partial charge in [-0.1, -0.05) is 35.4 Å². The first-order chi connectivity index (χ1) is 13.1. The highest BCUT2D eigenvalue weighted by atomic mass is 15.7. The molecule has 0 fully saturated rings. The highest BCUT2D eigenvalue weighted by Gasteiger charge is 2.23. The molecule has 130 valence electrons. The fourth-order valence-corrected chi connectivity index (χ4v) is 2.78. The van der Waals surface area contributed by atoms with Crippen LogP contribution in [0.2, 0.25) is 0 Å². The maximum atomic E-state index is 9.00. The van der Waals surface area contributed by atoms with E-state index in [4.69, 9.17) is 15.5 Å². The molecule has 1 aromatic heterocycles. The molecule has 4 rings (SSSR count). The van der Waals surface area contributed by atoms with E-state index in [1.54, 1.807) is 21.7 Å². The number of aryl methyl sites for hydroxylation is 2. The van der Waals surface area contributed by atoms with Gasteiger partial charge in [0.2, 0.25) is 0 Å². The zero-order chi connectivity index (χ0) is 18.8. The Hall–Kier alpha value is -3.78. The molecule has 0 unspecified atom stereocenters. The maximum Gasteiger partial charge on any atom is 0.340 e. The zero-order valence-electron chi connectivity index (χ0n) is 15.2. The average Bonchev–Trinajstić information content (AvgIpc) is 3.14. The molecule has 0 aliphatic heterocycles. The molecule has 0 atom stereocenters. The Labute approximate surface area is 157 Å². The molecule has 0 saturated carbocycles. The van der Waals surface area contributed by atoms with Crippen LogP contribution in [0.15, 0.2) is 72.8 Å². The molecule has 4 aromatic rings. The van der Waals surface area contributed by atoms with Crippen LogP contribution in [0, 0.1) is 25.2 Å². The number of nitrogens with zero attached hydrogens (tertiary/aromatic N) is 5. The van der Waals surface area contributed by atoms with E-state index >= 15 is 0 Å². The summed E-state index contributed by atoms with van der Waals surface area (Å²) < 4.78 is 0. The minimum atomic E-state index is 0.598. The summed E-state index contributed by atoms with van der Waals surface area (Å²) in [6.45, 7) is 4.11.